The van der Waals surface area contributed by atoms with Crippen molar-refractivity contribution in [2.75, 3.05) is 19.8 Å². The van der Waals surface area contributed by atoms with Crippen molar-refractivity contribution in [1.82, 2.24) is 35.5 Å². The maximum atomic E-state index is 11.7. The van der Waals surface area contributed by atoms with Crippen LogP contribution in [0.25, 0.3) is 0 Å². The van der Waals surface area contributed by atoms with E-state index < -0.39 is 12.2 Å². The van der Waals surface area contributed by atoms with Crippen molar-refractivity contribution in [3.63, 3.8) is 0 Å². The zero-order valence-corrected chi connectivity index (χ0v) is 14.7. The molecule has 0 saturated carbocycles. The highest BCUT2D eigenvalue weighted by Gasteiger charge is 2.51. The van der Waals surface area contributed by atoms with Crippen LogP contribution in [-0.4, -0.2) is 74.3 Å². The summed E-state index contributed by atoms with van der Waals surface area (Å²) in [4.78, 5) is 20.0. The van der Waals surface area contributed by atoms with E-state index in [1.807, 2.05) is 6.92 Å². The number of hydrogen-bond acceptors (Lipinski definition) is 10. The number of aromatic nitrogens is 6. The van der Waals surface area contributed by atoms with Crippen LogP contribution in [-0.2, 0) is 14.2 Å². The molecule has 0 bridgehead atoms. The van der Waals surface area contributed by atoms with Crippen LogP contribution in [0.2, 0.25) is 0 Å². The molecule has 0 unspecified atom stereocenters. The average molecular weight is 379 g/mol. The summed E-state index contributed by atoms with van der Waals surface area (Å²) in [5.41, 5.74) is 0. The monoisotopic (exact) mass is 379 g/mol. The summed E-state index contributed by atoms with van der Waals surface area (Å²) in [6, 6.07) is 1.52. The third-order valence-electron chi connectivity index (χ3n) is 4.06. The molecule has 4 rings (SSSR count). The third kappa shape index (κ3) is 3.34. The molecule has 2 aromatic rings. The van der Waals surface area contributed by atoms with Gasteiger partial charge >= 0.3 is 6.09 Å². The number of alkyl carbamates (subject to hydrolysis) is 1. The van der Waals surface area contributed by atoms with Gasteiger partial charge in [0.1, 0.15) is 18.2 Å². The van der Waals surface area contributed by atoms with Gasteiger partial charge in [0.2, 0.25) is 5.16 Å². The van der Waals surface area contributed by atoms with E-state index in [0.717, 1.165) is 0 Å². The molecule has 2 fully saturated rings. The molecule has 138 valence electrons. The molecule has 2 aliphatic rings. The van der Waals surface area contributed by atoms with Gasteiger partial charge < -0.3 is 19.5 Å². The SMILES string of the molecule is CCNC(=O)O[C@H]1CO[C@@H]2[C@@H]1OC[C@@H]2n1nnnc1Sc1ncccn1. The molecule has 2 aromatic heterocycles. The molecule has 1 N–H and O–H groups in total. The highest BCUT2D eigenvalue weighted by atomic mass is 32.2. The molecule has 26 heavy (non-hydrogen) atoms. The minimum absolute atomic E-state index is 0.218. The summed E-state index contributed by atoms with van der Waals surface area (Å²) >= 11 is 1.26. The molecular weight excluding hydrogens is 362 g/mol. The Balaban J connectivity index is 1.46. The van der Waals surface area contributed by atoms with E-state index in [0.29, 0.717) is 23.5 Å². The Hall–Kier alpha value is -2.31. The van der Waals surface area contributed by atoms with Crippen LogP contribution in [0.1, 0.15) is 13.0 Å². The Bertz CT molecular complexity index is 761. The summed E-state index contributed by atoms with van der Waals surface area (Å²) in [6.45, 7) is 2.95. The van der Waals surface area contributed by atoms with Gasteiger partial charge in [0.05, 0.1) is 13.2 Å². The lowest BCUT2D eigenvalue weighted by atomic mass is 10.1. The van der Waals surface area contributed by atoms with Crippen LogP contribution in [0.3, 0.4) is 0 Å². The van der Waals surface area contributed by atoms with Gasteiger partial charge in [-0.2, -0.15) is 0 Å². The van der Waals surface area contributed by atoms with Crippen LogP contribution in [0.5, 0.6) is 0 Å². The zero-order valence-electron chi connectivity index (χ0n) is 13.9. The lowest BCUT2D eigenvalue weighted by Crippen LogP contribution is -2.37. The molecule has 2 aliphatic heterocycles. The number of tetrazole rings is 1. The molecule has 1 amide bonds. The van der Waals surface area contributed by atoms with E-state index in [2.05, 4.69) is 30.8 Å². The number of nitrogens with one attached hydrogen (secondary N) is 1. The van der Waals surface area contributed by atoms with Gasteiger partial charge in [0.25, 0.3) is 0 Å². The second kappa shape index (κ2) is 7.51. The van der Waals surface area contributed by atoms with Gasteiger partial charge in [0, 0.05) is 18.9 Å². The van der Waals surface area contributed by atoms with E-state index in [-0.39, 0.29) is 24.9 Å². The smallest absolute Gasteiger partial charge is 0.407 e. The van der Waals surface area contributed by atoms with E-state index >= 15 is 0 Å². The number of carbonyl (C=O) groups excluding carboxylic acids is 1. The van der Waals surface area contributed by atoms with Crippen LogP contribution >= 0.6 is 11.8 Å². The number of fused-ring (bicyclic) bond motifs is 1. The van der Waals surface area contributed by atoms with Crippen LogP contribution < -0.4 is 5.32 Å². The van der Waals surface area contributed by atoms with Gasteiger partial charge in [-0.25, -0.2) is 19.4 Å². The van der Waals surface area contributed by atoms with Crippen LogP contribution in [0, 0.1) is 0 Å². The molecule has 0 radical (unpaired) electrons. The fourth-order valence-corrected chi connectivity index (χ4v) is 3.69. The summed E-state index contributed by atoms with van der Waals surface area (Å²) in [6.07, 6.45) is 1.73. The normalized spacial score (nSPS) is 27.3. The Morgan fingerprint density at radius 3 is 2.96 bits per heavy atom. The summed E-state index contributed by atoms with van der Waals surface area (Å²) in [5, 5.41) is 15.5. The maximum absolute atomic E-state index is 11.7. The fraction of sp³-hybridized carbons (Fsp3) is 0.571. The standard InChI is InChI=1S/C14H17N7O4S/c1-2-15-14(22)25-9-7-24-10-8(6-23-11(9)10)21-13(18-19-20-21)26-12-16-4-3-5-17-12/h3-5,8-11H,2,6-7H2,1H3,(H,15,22)/t8-,9-,10-,11+/m0/s1. The van der Waals surface area contributed by atoms with Crippen molar-refractivity contribution in [3.05, 3.63) is 18.5 Å². The molecule has 4 atom stereocenters. The van der Waals surface area contributed by atoms with Crippen molar-refractivity contribution in [2.24, 2.45) is 0 Å². The van der Waals surface area contributed by atoms with E-state index in [1.165, 1.54) is 11.8 Å². The second-order valence-corrected chi connectivity index (χ2v) is 6.61. The molecule has 11 nitrogen and oxygen atoms in total. The van der Waals surface area contributed by atoms with Crippen molar-refractivity contribution in [3.8, 4) is 0 Å². The quantitative estimate of drug-likeness (QED) is 0.713. The third-order valence-corrected chi connectivity index (χ3v) is 4.91. The first-order chi connectivity index (χ1) is 12.8. The number of rotatable bonds is 5. The molecule has 0 spiro atoms. The highest BCUT2D eigenvalue weighted by Crippen LogP contribution is 2.37. The minimum atomic E-state index is -0.478. The highest BCUT2D eigenvalue weighted by molar-refractivity contribution is 7.99. The van der Waals surface area contributed by atoms with Crippen molar-refractivity contribution < 1.29 is 19.0 Å². The Morgan fingerprint density at radius 2 is 2.15 bits per heavy atom. The van der Waals surface area contributed by atoms with E-state index in [1.54, 1.807) is 23.1 Å². The zero-order chi connectivity index (χ0) is 17.9. The van der Waals surface area contributed by atoms with Crippen LogP contribution in [0.15, 0.2) is 28.8 Å². The fourth-order valence-electron chi connectivity index (χ4n) is 2.96. The number of carbonyl (C=O) groups is 1. The van der Waals surface area contributed by atoms with Crippen molar-refractivity contribution in [2.45, 2.75) is 41.6 Å². The van der Waals surface area contributed by atoms with Gasteiger partial charge in [-0.1, -0.05) is 0 Å². The Morgan fingerprint density at radius 1 is 1.35 bits per heavy atom. The predicted octanol–water partition coefficient (Wildman–Crippen LogP) is 0.0677. The van der Waals surface area contributed by atoms with Crippen molar-refractivity contribution in [1.29, 1.82) is 0 Å². The molecule has 0 aliphatic carbocycles. The lowest BCUT2D eigenvalue weighted by molar-refractivity contribution is 0.00298. The first-order valence-corrected chi connectivity index (χ1v) is 8.98. The first-order valence-electron chi connectivity index (χ1n) is 8.16. The largest absolute Gasteiger partial charge is 0.441 e. The van der Waals surface area contributed by atoms with Crippen molar-refractivity contribution >= 4 is 17.9 Å². The average Bonchev–Trinajstić information content (AvgIpc) is 3.34. The van der Waals surface area contributed by atoms with Gasteiger partial charge in [-0.3, -0.25) is 0 Å². The number of ether oxygens (including phenoxy) is 3. The molecule has 2 saturated heterocycles. The van der Waals surface area contributed by atoms with Gasteiger partial charge in [0.15, 0.2) is 11.3 Å². The summed E-state index contributed by atoms with van der Waals surface area (Å²) in [7, 11) is 0. The van der Waals surface area contributed by atoms with Gasteiger partial charge in [-0.15, -0.1) is 5.10 Å². The predicted molar refractivity (Wildman–Crippen MR) is 86.4 cm³/mol. The van der Waals surface area contributed by atoms with Gasteiger partial charge in [-0.05, 0) is 35.2 Å². The summed E-state index contributed by atoms with van der Waals surface area (Å²) in [5.74, 6) is 0. The lowest BCUT2D eigenvalue weighted by Gasteiger charge is -2.17. The topological polar surface area (TPSA) is 126 Å². The number of nitrogens with zero attached hydrogens (tertiary/aromatic N) is 6. The number of amides is 1. The molecular formula is C14H17N7O4S. The molecule has 0 aromatic carbocycles. The maximum Gasteiger partial charge on any atom is 0.407 e. The minimum Gasteiger partial charge on any atom is -0.441 e. The Labute approximate surface area is 152 Å². The van der Waals surface area contributed by atoms with Crippen LogP contribution in [0.4, 0.5) is 4.79 Å². The molecule has 12 heteroatoms. The first kappa shape index (κ1) is 17.1. The number of hydrogen-bond donors (Lipinski definition) is 1. The molecule has 4 heterocycles. The Kier molecular flexibility index (Phi) is 4.95. The second-order valence-electron chi connectivity index (χ2n) is 5.68. The summed E-state index contributed by atoms with van der Waals surface area (Å²) < 4.78 is 18.7. The van der Waals surface area contributed by atoms with E-state index in [9.17, 15) is 4.79 Å². The van der Waals surface area contributed by atoms with E-state index in [4.69, 9.17) is 14.2 Å².